The van der Waals surface area contributed by atoms with Gasteiger partial charge in [-0.25, -0.2) is 4.98 Å². The number of hydrogen-bond acceptors (Lipinski definition) is 4. The molecule has 0 spiro atoms. The standard InChI is InChI=1S/C16H15NOS2/c1-2-13(18)11-7-3-5-9-14(11)19-16-17-12-8-4-6-10-15(12)20-16/h3-10,13,18H,2H2,1H3. The first-order chi connectivity index (χ1) is 9.78. The number of benzene rings is 2. The highest BCUT2D eigenvalue weighted by Gasteiger charge is 2.13. The Morgan fingerprint density at radius 3 is 2.70 bits per heavy atom. The van der Waals surface area contributed by atoms with E-state index < -0.39 is 6.10 Å². The molecule has 1 aromatic heterocycles. The summed E-state index contributed by atoms with van der Waals surface area (Å²) < 4.78 is 2.21. The number of thiazole rings is 1. The van der Waals surface area contributed by atoms with Gasteiger partial charge in [-0.1, -0.05) is 49.0 Å². The van der Waals surface area contributed by atoms with E-state index in [1.165, 1.54) is 4.70 Å². The van der Waals surface area contributed by atoms with Gasteiger partial charge in [0, 0.05) is 4.90 Å². The minimum Gasteiger partial charge on any atom is -0.388 e. The van der Waals surface area contributed by atoms with Crippen molar-refractivity contribution in [1.82, 2.24) is 4.98 Å². The van der Waals surface area contributed by atoms with E-state index in [9.17, 15) is 5.11 Å². The van der Waals surface area contributed by atoms with Crippen LogP contribution in [0.3, 0.4) is 0 Å². The molecule has 4 heteroatoms. The molecule has 3 aromatic rings. The summed E-state index contributed by atoms with van der Waals surface area (Å²) in [5, 5.41) is 10.1. The largest absolute Gasteiger partial charge is 0.388 e. The Morgan fingerprint density at radius 2 is 1.90 bits per heavy atom. The molecule has 0 fully saturated rings. The predicted octanol–water partition coefficient (Wildman–Crippen LogP) is 4.89. The van der Waals surface area contributed by atoms with Gasteiger partial charge >= 0.3 is 0 Å². The zero-order valence-corrected chi connectivity index (χ0v) is 12.7. The fraction of sp³-hybridized carbons (Fsp3) is 0.188. The van der Waals surface area contributed by atoms with Crippen LogP contribution in [-0.2, 0) is 0 Å². The molecule has 0 aliphatic heterocycles. The van der Waals surface area contributed by atoms with Crippen LogP contribution in [0.2, 0.25) is 0 Å². The summed E-state index contributed by atoms with van der Waals surface area (Å²) in [6.07, 6.45) is 0.310. The molecule has 2 nitrogen and oxygen atoms in total. The van der Waals surface area contributed by atoms with Crippen LogP contribution in [0, 0.1) is 0 Å². The highest BCUT2D eigenvalue weighted by molar-refractivity contribution is 8.01. The van der Waals surface area contributed by atoms with Crippen LogP contribution < -0.4 is 0 Å². The maximum absolute atomic E-state index is 10.1. The van der Waals surface area contributed by atoms with Gasteiger partial charge in [0.15, 0.2) is 4.34 Å². The van der Waals surface area contributed by atoms with Crippen molar-refractivity contribution in [3.05, 3.63) is 54.1 Å². The minimum atomic E-state index is -0.409. The Kier molecular flexibility index (Phi) is 4.05. The van der Waals surface area contributed by atoms with Gasteiger partial charge in [0.2, 0.25) is 0 Å². The Balaban J connectivity index is 1.94. The smallest absolute Gasteiger partial charge is 0.155 e. The molecular formula is C16H15NOS2. The summed E-state index contributed by atoms with van der Waals surface area (Å²) in [4.78, 5) is 5.72. The maximum Gasteiger partial charge on any atom is 0.155 e. The molecule has 1 N–H and O–H groups in total. The van der Waals surface area contributed by atoms with E-state index >= 15 is 0 Å². The van der Waals surface area contributed by atoms with Crippen molar-refractivity contribution in [3.8, 4) is 0 Å². The van der Waals surface area contributed by atoms with Crippen LogP contribution in [0.5, 0.6) is 0 Å². The van der Waals surface area contributed by atoms with E-state index in [4.69, 9.17) is 0 Å². The van der Waals surface area contributed by atoms with Gasteiger partial charge in [-0.05, 0) is 30.2 Å². The molecule has 0 saturated heterocycles. The van der Waals surface area contributed by atoms with Gasteiger partial charge in [-0.2, -0.15) is 0 Å². The van der Waals surface area contributed by atoms with E-state index in [2.05, 4.69) is 11.1 Å². The van der Waals surface area contributed by atoms with E-state index in [0.717, 1.165) is 26.7 Å². The zero-order valence-electron chi connectivity index (χ0n) is 11.1. The monoisotopic (exact) mass is 301 g/mol. The SMILES string of the molecule is CCC(O)c1ccccc1Sc1nc2ccccc2s1. The van der Waals surface area contributed by atoms with Gasteiger partial charge in [0.25, 0.3) is 0 Å². The second kappa shape index (κ2) is 5.95. The summed E-state index contributed by atoms with van der Waals surface area (Å²) in [7, 11) is 0. The summed E-state index contributed by atoms with van der Waals surface area (Å²) in [5.74, 6) is 0. The second-order valence-electron chi connectivity index (χ2n) is 4.51. The summed E-state index contributed by atoms with van der Waals surface area (Å²) >= 11 is 3.32. The molecule has 1 unspecified atom stereocenters. The fourth-order valence-corrected chi connectivity index (χ4v) is 4.26. The number of nitrogens with zero attached hydrogens (tertiary/aromatic N) is 1. The van der Waals surface area contributed by atoms with Crippen molar-refractivity contribution in [2.75, 3.05) is 0 Å². The normalized spacial score (nSPS) is 12.7. The highest BCUT2D eigenvalue weighted by atomic mass is 32.2. The number of rotatable bonds is 4. The quantitative estimate of drug-likeness (QED) is 0.744. The highest BCUT2D eigenvalue weighted by Crippen LogP contribution is 2.37. The molecule has 20 heavy (non-hydrogen) atoms. The first kappa shape index (κ1) is 13.6. The number of para-hydroxylation sites is 1. The lowest BCUT2D eigenvalue weighted by Crippen LogP contribution is -1.96. The molecule has 1 atom stereocenters. The average molecular weight is 301 g/mol. The van der Waals surface area contributed by atoms with Crippen LogP contribution in [0.1, 0.15) is 25.0 Å². The molecule has 1 heterocycles. The van der Waals surface area contributed by atoms with Gasteiger partial charge in [0.05, 0.1) is 16.3 Å². The topological polar surface area (TPSA) is 33.1 Å². The van der Waals surface area contributed by atoms with E-state index in [1.54, 1.807) is 23.1 Å². The molecule has 0 saturated carbocycles. The Hall–Kier alpha value is -1.36. The molecular weight excluding hydrogens is 286 g/mol. The van der Waals surface area contributed by atoms with Crippen molar-refractivity contribution in [1.29, 1.82) is 0 Å². The van der Waals surface area contributed by atoms with Crippen LogP contribution in [-0.4, -0.2) is 10.1 Å². The van der Waals surface area contributed by atoms with E-state index in [-0.39, 0.29) is 0 Å². The average Bonchev–Trinajstić information content (AvgIpc) is 2.89. The van der Waals surface area contributed by atoms with Gasteiger partial charge < -0.3 is 5.11 Å². The number of aliphatic hydroxyl groups excluding tert-OH is 1. The van der Waals surface area contributed by atoms with Crippen LogP contribution in [0.25, 0.3) is 10.2 Å². The number of fused-ring (bicyclic) bond motifs is 1. The first-order valence-electron chi connectivity index (χ1n) is 6.58. The number of hydrogen-bond donors (Lipinski definition) is 1. The van der Waals surface area contributed by atoms with Gasteiger partial charge in [-0.15, -0.1) is 11.3 Å². The third-order valence-electron chi connectivity index (χ3n) is 3.14. The van der Waals surface area contributed by atoms with Crippen molar-refractivity contribution in [3.63, 3.8) is 0 Å². The summed E-state index contributed by atoms with van der Waals surface area (Å²) in [6.45, 7) is 1.99. The van der Waals surface area contributed by atoms with Crippen molar-refractivity contribution in [2.45, 2.75) is 28.7 Å². The van der Waals surface area contributed by atoms with Crippen LogP contribution in [0.15, 0.2) is 57.8 Å². The van der Waals surface area contributed by atoms with Crippen molar-refractivity contribution in [2.24, 2.45) is 0 Å². The predicted molar refractivity (Wildman–Crippen MR) is 85.4 cm³/mol. The molecule has 0 amide bonds. The lowest BCUT2D eigenvalue weighted by Gasteiger charge is -2.12. The number of aromatic nitrogens is 1. The first-order valence-corrected chi connectivity index (χ1v) is 8.21. The zero-order chi connectivity index (χ0) is 13.9. The fourth-order valence-electron chi connectivity index (χ4n) is 2.06. The van der Waals surface area contributed by atoms with E-state index in [0.29, 0.717) is 0 Å². The summed E-state index contributed by atoms with van der Waals surface area (Å²) in [5.41, 5.74) is 2.02. The van der Waals surface area contributed by atoms with Crippen molar-refractivity contribution >= 4 is 33.3 Å². The molecule has 0 radical (unpaired) electrons. The van der Waals surface area contributed by atoms with Gasteiger partial charge in [0.1, 0.15) is 0 Å². The molecule has 2 aromatic carbocycles. The molecule has 0 aliphatic carbocycles. The molecule has 3 rings (SSSR count). The van der Waals surface area contributed by atoms with E-state index in [1.807, 2.05) is 49.4 Å². The Morgan fingerprint density at radius 1 is 1.15 bits per heavy atom. The lowest BCUT2D eigenvalue weighted by atomic mass is 10.1. The lowest BCUT2D eigenvalue weighted by molar-refractivity contribution is 0.171. The molecule has 102 valence electrons. The van der Waals surface area contributed by atoms with Crippen LogP contribution in [0.4, 0.5) is 0 Å². The second-order valence-corrected chi connectivity index (χ2v) is 6.83. The number of aliphatic hydroxyl groups is 1. The third-order valence-corrected chi connectivity index (χ3v) is 5.32. The maximum atomic E-state index is 10.1. The van der Waals surface area contributed by atoms with Gasteiger partial charge in [-0.3, -0.25) is 0 Å². The third kappa shape index (κ3) is 2.73. The summed E-state index contributed by atoms with van der Waals surface area (Å²) in [6, 6.07) is 16.2. The molecule has 0 bridgehead atoms. The minimum absolute atomic E-state index is 0.409. The molecule has 0 aliphatic rings. The Bertz CT molecular complexity index is 690. The van der Waals surface area contributed by atoms with Crippen molar-refractivity contribution < 1.29 is 5.11 Å². The Labute approximate surface area is 126 Å². The van der Waals surface area contributed by atoms with Crippen LogP contribution >= 0.6 is 23.1 Å².